The summed E-state index contributed by atoms with van der Waals surface area (Å²) in [6, 6.07) is 1.93. The van der Waals surface area contributed by atoms with Gasteiger partial charge < -0.3 is 10.6 Å². The molecule has 0 amide bonds. The van der Waals surface area contributed by atoms with Crippen molar-refractivity contribution in [1.29, 1.82) is 0 Å². The van der Waals surface area contributed by atoms with E-state index < -0.39 is 0 Å². The molecule has 4 nitrogen and oxygen atoms in total. The van der Waals surface area contributed by atoms with E-state index in [9.17, 15) is 0 Å². The van der Waals surface area contributed by atoms with Crippen LogP contribution >= 0.6 is 0 Å². The van der Waals surface area contributed by atoms with Crippen LogP contribution < -0.4 is 10.6 Å². The van der Waals surface area contributed by atoms with E-state index in [1.807, 2.05) is 6.07 Å². The quantitative estimate of drug-likeness (QED) is 0.786. The summed E-state index contributed by atoms with van der Waals surface area (Å²) in [5.41, 5.74) is 5.47. The Hall–Kier alpha value is -1.16. The number of anilines is 1. The Morgan fingerprint density at radius 1 is 1.47 bits per heavy atom. The van der Waals surface area contributed by atoms with E-state index in [2.05, 4.69) is 35.8 Å². The van der Waals surface area contributed by atoms with E-state index in [4.69, 9.17) is 5.73 Å². The van der Waals surface area contributed by atoms with Gasteiger partial charge in [0, 0.05) is 26.2 Å². The van der Waals surface area contributed by atoms with Crippen LogP contribution in [0.25, 0.3) is 0 Å². The number of rotatable bonds is 5. The van der Waals surface area contributed by atoms with Crippen molar-refractivity contribution in [2.24, 2.45) is 11.7 Å². The lowest BCUT2D eigenvalue weighted by Gasteiger charge is -2.20. The van der Waals surface area contributed by atoms with Crippen LogP contribution in [0.3, 0.4) is 0 Å². The van der Waals surface area contributed by atoms with E-state index in [-0.39, 0.29) is 0 Å². The maximum atomic E-state index is 5.47. The average molecular weight is 208 g/mol. The standard InChI is InChI=1S/C11H20N4/c1-9(2)8-15(3)11-5-7-13-10(14-11)4-6-12/h5,7,9H,4,6,8,12H2,1-3H3. The predicted molar refractivity (Wildman–Crippen MR) is 62.9 cm³/mol. The Kier molecular flexibility index (Phi) is 4.49. The average Bonchev–Trinajstić information content (AvgIpc) is 2.17. The Morgan fingerprint density at radius 2 is 2.20 bits per heavy atom. The van der Waals surface area contributed by atoms with E-state index >= 15 is 0 Å². The molecule has 0 saturated heterocycles. The van der Waals surface area contributed by atoms with Gasteiger partial charge in [-0.05, 0) is 18.5 Å². The Balaban J connectivity index is 2.71. The molecule has 0 fully saturated rings. The van der Waals surface area contributed by atoms with Crippen LogP contribution in [0.15, 0.2) is 12.3 Å². The van der Waals surface area contributed by atoms with Gasteiger partial charge in [0.2, 0.25) is 0 Å². The highest BCUT2D eigenvalue weighted by Gasteiger charge is 2.05. The molecule has 1 rings (SSSR count). The van der Waals surface area contributed by atoms with Crippen molar-refractivity contribution in [3.05, 3.63) is 18.1 Å². The molecular weight excluding hydrogens is 188 g/mol. The molecule has 0 radical (unpaired) electrons. The molecule has 1 heterocycles. The fourth-order valence-corrected chi connectivity index (χ4v) is 1.49. The number of hydrogen-bond donors (Lipinski definition) is 1. The topological polar surface area (TPSA) is 55.0 Å². The fourth-order valence-electron chi connectivity index (χ4n) is 1.49. The molecule has 84 valence electrons. The molecule has 0 bridgehead atoms. The third-order valence-corrected chi connectivity index (χ3v) is 2.09. The van der Waals surface area contributed by atoms with Crippen molar-refractivity contribution in [3.8, 4) is 0 Å². The first-order chi connectivity index (χ1) is 7.13. The normalized spacial score (nSPS) is 10.7. The highest BCUT2D eigenvalue weighted by molar-refractivity contribution is 5.36. The number of nitrogens with zero attached hydrogens (tertiary/aromatic N) is 3. The maximum Gasteiger partial charge on any atom is 0.131 e. The van der Waals surface area contributed by atoms with E-state index in [1.165, 1.54) is 0 Å². The number of hydrogen-bond acceptors (Lipinski definition) is 4. The highest BCUT2D eigenvalue weighted by Crippen LogP contribution is 2.09. The lowest BCUT2D eigenvalue weighted by Crippen LogP contribution is -2.24. The third kappa shape index (κ3) is 3.83. The molecule has 0 aromatic carbocycles. The predicted octanol–water partition coefficient (Wildman–Crippen LogP) is 1.07. The van der Waals surface area contributed by atoms with E-state index in [0.717, 1.165) is 24.6 Å². The number of aromatic nitrogens is 2. The molecule has 0 atom stereocenters. The fraction of sp³-hybridized carbons (Fsp3) is 0.636. The zero-order valence-electron chi connectivity index (χ0n) is 9.77. The Bertz CT molecular complexity index is 298. The van der Waals surface area contributed by atoms with Crippen LogP contribution in [-0.4, -0.2) is 30.1 Å². The van der Waals surface area contributed by atoms with Crippen molar-refractivity contribution in [3.63, 3.8) is 0 Å². The van der Waals surface area contributed by atoms with Crippen LogP contribution in [0.1, 0.15) is 19.7 Å². The van der Waals surface area contributed by atoms with E-state index in [0.29, 0.717) is 12.5 Å². The lowest BCUT2D eigenvalue weighted by atomic mass is 10.2. The molecule has 1 aromatic rings. The summed E-state index contributed by atoms with van der Waals surface area (Å²) in [5, 5.41) is 0. The summed E-state index contributed by atoms with van der Waals surface area (Å²) < 4.78 is 0. The van der Waals surface area contributed by atoms with Crippen molar-refractivity contribution in [1.82, 2.24) is 9.97 Å². The van der Waals surface area contributed by atoms with Crippen LogP contribution in [0.4, 0.5) is 5.82 Å². The maximum absolute atomic E-state index is 5.47. The minimum absolute atomic E-state index is 0.595. The van der Waals surface area contributed by atoms with Crippen molar-refractivity contribution in [2.45, 2.75) is 20.3 Å². The van der Waals surface area contributed by atoms with Gasteiger partial charge in [-0.2, -0.15) is 0 Å². The first kappa shape index (κ1) is 11.9. The Labute approximate surface area is 91.5 Å². The zero-order valence-corrected chi connectivity index (χ0v) is 9.77. The molecule has 0 aliphatic carbocycles. The second-order valence-electron chi connectivity index (χ2n) is 4.14. The molecule has 0 unspecified atom stereocenters. The smallest absolute Gasteiger partial charge is 0.131 e. The third-order valence-electron chi connectivity index (χ3n) is 2.09. The van der Waals surface area contributed by atoms with E-state index in [1.54, 1.807) is 6.20 Å². The molecule has 4 heteroatoms. The zero-order chi connectivity index (χ0) is 11.3. The largest absolute Gasteiger partial charge is 0.359 e. The molecule has 15 heavy (non-hydrogen) atoms. The minimum Gasteiger partial charge on any atom is -0.359 e. The summed E-state index contributed by atoms with van der Waals surface area (Å²) in [4.78, 5) is 10.8. The highest BCUT2D eigenvalue weighted by atomic mass is 15.2. The van der Waals surface area contributed by atoms with Gasteiger partial charge in [-0.3, -0.25) is 0 Å². The molecule has 0 saturated carbocycles. The van der Waals surface area contributed by atoms with Crippen LogP contribution in [-0.2, 0) is 6.42 Å². The van der Waals surface area contributed by atoms with Gasteiger partial charge in [-0.1, -0.05) is 13.8 Å². The van der Waals surface area contributed by atoms with Crippen molar-refractivity contribution in [2.75, 3.05) is 25.0 Å². The van der Waals surface area contributed by atoms with Crippen LogP contribution in [0.2, 0.25) is 0 Å². The monoisotopic (exact) mass is 208 g/mol. The van der Waals surface area contributed by atoms with Crippen LogP contribution in [0, 0.1) is 5.92 Å². The first-order valence-corrected chi connectivity index (χ1v) is 5.36. The summed E-state index contributed by atoms with van der Waals surface area (Å²) in [6.45, 7) is 5.98. The molecule has 0 aliphatic heterocycles. The summed E-state index contributed by atoms with van der Waals surface area (Å²) in [5.74, 6) is 2.43. The second-order valence-corrected chi connectivity index (χ2v) is 4.14. The van der Waals surface area contributed by atoms with Gasteiger partial charge in [0.05, 0.1) is 0 Å². The molecule has 0 aliphatic rings. The van der Waals surface area contributed by atoms with Crippen LogP contribution in [0.5, 0.6) is 0 Å². The first-order valence-electron chi connectivity index (χ1n) is 5.36. The lowest BCUT2D eigenvalue weighted by molar-refractivity contribution is 0.633. The molecule has 1 aromatic heterocycles. The SMILES string of the molecule is CC(C)CN(C)c1ccnc(CCN)n1. The van der Waals surface area contributed by atoms with Crippen molar-refractivity contribution >= 4 is 5.82 Å². The van der Waals surface area contributed by atoms with Gasteiger partial charge in [0.1, 0.15) is 11.6 Å². The van der Waals surface area contributed by atoms with Crippen molar-refractivity contribution < 1.29 is 0 Å². The van der Waals surface area contributed by atoms with Gasteiger partial charge in [-0.25, -0.2) is 9.97 Å². The summed E-state index contributed by atoms with van der Waals surface area (Å²) in [6.07, 6.45) is 2.54. The van der Waals surface area contributed by atoms with Gasteiger partial charge in [0.15, 0.2) is 0 Å². The minimum atomic E-state index is 0.595. The molecule has 0 spiro atoms. The summed E-state index contributed by atoms with van der Waals surface area (Å²) in [7, 11) is 2.05. The number of nitrogens with two attached hydrogens (primary N) is 1. The summed E-state index contributed by atoms with van der Waals surface area (Å²) >= 11 is 0. The van der Waals surface area contributed by atoms with Gasteiger partial charge >= 0.3 is 0 Å². The van der Waals surface area contributed by atoms with Gasteiger partial charge in [0.25, 0.3) is 0 Å². The van der Waals surface area contributed by atoms with Gasteiger partial charge in [-0.15, -0.1) is 0 Å². The molecular formula is C11H20N4. The molecule has 2 N–H and O–H groups in total. The Morgan fingerprint density at radius 3 is 2.80 bits per heavy atom. The second kappa shape index (κ2) is 5.66.